The molecule has 1 N–H and O–H groups in total. The van der Waals surface area contributed by atoms with Gasteiger partial charge in [0.15, 0.2) is 0 Å². The summed E-state index contributed by atoms with van der Waals surface area (Å²) in [6, 6.07) is 15.1. The largest absolute Gasteiger partial charge is 0.481 e. The van der Waals surface area contributed by atoms with Crippen LogP contribution in [0, 0.1) is 0 Å². The van der Waals surface area contributed by atoms with Crippen molar-refractivity contribution >= 4 is 27.8 Å². The number of halogens is 1. The summed E-state index contributed by atoms with van der Waals surface area (Å²) in [5.74, 6) is -1.05. The summed E-state index contributed by atoms with van der Waals surface area (Å²) in [7, 11) is 0. The Bertz CT molecular complexity index is 730. The molecule has 0 saturated heterocycles. The molecule has 0 aliphatic rings. The molecule has 0 heterocycles. The van der Waals surface area contributed by atoms with Gasteiger partial charge in [-0.1, -0.05) is 59.3 Å². The van der Waals surface area contributed by atoms with E-state index < -0.39 is 5.97 Å². The second-order valence-corrected chi connectivity index (χ2v) is 6.33. The van der Waals surface area contributed by atoms with Gasteiger partial charge >= 0.3 is 5.97 Å². The molecule has 1 amide bonds. The first-order valence-electron chi connectivity index (χ1n) is 7.85. The fraction of sp³-hybridized carbons (Fsp3) is 0.263. The van der Waals surface area contributed by atoms with Gasteiger partial charge in [-0.05, 0) is 29.7 Å². The molecule has 4 nitrogen and oxygen atoms in total. The first-order chi connectivity index (χ1) is 11.5. The maximum absolute atomic E-state index is 13.0. The van der Waals surface area contributed by atoms with Crippen molar-refractivity contribution in [1.29, 1.82) is 0 Å². The van der Waals surface area contributed by atoms with Crippen LogP contribution in [0.2, 0.25) is 0 Å². The second kappa shape index (κ2) is 8.64. The molecule has 5 heteroatoms. The molecule has 0 aliphatic carbocycles. The minimum absolute atomic E-state index is 0.0789. The molecule has 2 aromatic rings. The SMILES string of the molecule is CCc1ccccc1C(=O)N(CCC(=O)O)Cc1ccccc1Br. The van der Waals surface area contributed by atoms with E-state index in [1.165, 1.54) is 0 Å². The van der Waals surface area contributed by atoms with Gasteiger partial charge in [-0.3, -0.25) is 9.59 Å². The number of nitrogens with zero attached hydrogens (tertiary/aromatic N) is 1. The molecule has 0 aromatic heterocycles. The van der Waals surface area contributed by atoms with Crippen molar-refractivity contribution in [2.75, 3.05) is 6.54 Å². The van der Waals surface area contributed by atoms with E-state index in [-0.39, 0.29) is 18.9 Å². The Balaban J connectivity index is 2.29. The number of aliphatic carboxylic acids is 1. The van der Waals surface area contributed by atoms with E-state index in [0.717, 1.165) is 22.0 Å². The molecule has 0 spiro atoms. The third-order valence-corrected chi connectivity index (χ3v) is 4.60. The Labute approximate surface area is 150 Å². The zero-order valence-electron chi connectivity index (χ0n) is 13.5. The summed E-state index contributed by atoms with van der Waals surface area (Å²) in [6.07, 6.45) is 0.675. The molecule has 0 unspecified atom stereocenters. The molecule has 0 bridgehead atoms. The Morgan fingerprint density at radius 3 is 2.29 bits per heavy atom. The monoisotopic (exact) mass is 389 g/mol. The highest BCUT2D eigenvalue weighted by Crippen LogP contribution is 2.20. The zero-order valence-corrected chi connectivity index (χ0v) is 15.1. The Hall–Kier alpha value is -2.14. The number of carboxylic acid groups (broad SMARTS) is 1. The molecule has 2 aromatic carbocycles. The minimum atomic E-state index is -0.913. The summed E-state index contributed by atoms with van der Waals surface area (Å²) in [4.78, 5) is 25.5. The number of carbonyl (C=O) groups is 2. The number of hydrogen-bond donors (Lipinski definition) is 1. The standard InChI is InChI=1S/C19H20BrNO3/c1-2-14-7-3-5-9-16(14)19(24)21(12-11-18(22)23)13-15-8-4-6-10-17(15)20/h3-10H,2,11-13H2,1H3,(H,22,23). The molecule has 24 heavy (non-hydrogen) atoms. The van der Waals surface area contributed by atoms with Crippen LogP contribution in [-0.4, -0.2) is 28.4 Å². The quantitative estimate of drug-likeness (QED) is 0.774. The minimum Gasteiger partial charge on any atom is -0.481 e. The lowest BCUT2D eigenvalue weighted by molar-refractivity contribution is -0.137. The summed E-state index contributed by atoms with van der Waals surface area (Å²) in [5, 5.41) is 8.99. The van der Waals surface area contributed by atoms with Crippen LogP contribution in [0.5, 0.6) is 0 Å². The fourth-order valence-electron chi connectivity index (χ4n) is 2.52. The van der Waals surface area contributed by atoms with Gasteiger partial charge < -0.3 is 10.0 Å². The highest BCUT2D eigenvalue weighted by Gasteiger charge is 2.20. The van der Waals surface area contributed by atoms with Crippen molar-refractivity contribution in [2.24, 2.45) is 0 Å². The smallest absolute Gasteiger partial charge is 0.305 e. The van der Waals surface area contributed by atoms with Crippen LogP contribution in [0.25, 0.3) is 0 Å². The summed E-state index contributed by atoms with van der Waals surface area (Å²) in [5.41, 5.74) is 2.55. The van der Waals surface area contributed by atoms with Crippen molar-refractivity contribution in [3.8, 4) is 0 Å². The predicted molar refractivity (Wildman–Crippen MR) is 97.0 cm³/mol. The normalized spacial score (nSPS) is 10.4. The first kappa shape index (κ1) is 18.2. The van der Waals surface area contributed by atoms with Crippen molar-refractivity contribution in [1.82, 2.24) is 4.90 Å². The topological polar surface area (TPSA) is 57.6 Å². The maximum Gasteiger partial charge on any atom is 0.305 e. The van der Waals surface area contributed by atoms with Gasteiger partial charge in [-0.15, -0.1) is 0 Å². The van der Waals surface area contributed by atoms with Crippen LogP contribution in [0.3, 0.4) is 0 Å². The molecule has 126 valence electrons. The van der Waals surface area contributed by atoms with Gasteiger partial charge in [0.2, 0.25) is 0 Å². The molecule has 0 fully saturated rings. The van der Waals surface area contributed by atoms with Crippen molar-refractivity contribution < 1.29 is 14.7 Å². The average molecular weight is 390 g/mol. The molecule has 0 aliphatic heterocycles. The van der Waals surface area contributed by atoms with E-state index in [4.69, 9.17) is 5.11 Å². The van der Waals surface area contributed by atoms with Gasteiger partial charge in [-0.25, -0.2) is 0 Å². The summed E-state index contributed by atoms with van der Waals surface area (Å²) >= 11 is 3.48. The van der Waals surface area contributed by atoms with Crippen molar-refractivity contribution in [3.05, 3.63) is 69.7 Å². The van der Waals surface area contributed by atoms with Crippen LogP contribution >= 0.6 is 15.9 Å². The number of carbonyl (C=O) groups excluding carboxylic acids is 1. The second-order valence-electron chi connectivity index (χ2n) is 5.47. The summed E-state index contributed by atoms with van der Waals surface area (Å²) < 4.78 is 0.905. The first-order valence-corrected chi connectivity index (χ1v) is 8.64. The lowest BCUT2D eigenvalue weighted by Gasteiger charge is -2.24. The Kier molecular flexibility index (Phi) is 6.55. The van der Waals surface area contributed by atoms with Gasteiger partial charge in [-0.2, -0.15) is 0 Å². The molecule has 2 rings (SSSR count). The third-order valence-electron chi connectivity index (χ3n) is 3.83. The van der Waals surface area contributed by atoms with Crippen LogP contribution in [0.15, 0.2) is 53.0 Å². The van der Waals surface area contributed by atoms with Crippen molar-refractivity contribution in [3.63, 3.8) is 0 Å². The molecule has 0 radical (unpaired) electrons. The summed E-state index contributed by atoms with van der Waals surface area (Å²) in [6.45, 7) is 2.54. The maximum atomic E-state index is 13.0. The third kappa shape index (κ3) is 4.68. The predicted octanol–water partition coefficient (Wildman–Crippen LogP) is 4.13. The van der Waals surface area contributed by atoms with Crippen molar-refractivity contribution in [2.45, 2.75) is 26.3 Å². The van der Waals surface area contributed by atoms with Gasteiger partial charge in [0, 0.05) is 23.1 Å². The Morgan fingerprint density at radius 1 is 1.04 bits per heavy atom. The van der Waals surface area contributed by atoms with E-state index in [2.05, 4.69) is 15.9 Å². The number of amides is 1. The van der Waals surface area contributed by atoms with Gasteiger partial charge in [0.1, 0.15) is 0 Å². The highest BCUT2D eigenvalue weighted by atomic mass is 79.9. The van der Waals surface area contributed by atoms with Crippen LogP contribution in [0.1, 0.15) is 34.8 Å². The molecule has 0 saturated carbocycles. The van der Waals surface area contributed by atoms with E-state index in [9.17, 15) is 9.59 Å². The molecular formula is C19H20BrNO3. The lowest BCUT2D eigenvalue weighted by atomic mass is 10.0. The highest BCUT2D eigenvalue weighted by molar-refractivity contribution is 9.10. The number of hydrogen-bond acceptors (Lipinski definition) is 2. The zero-order chi connectivity index (χ0) is 17.5. The van der Waals surface area contributed by atoms with E-state index in [1.54, 1.807) is 11.0 Å². The van der Waals surface area contributed by atoms with Gasteiger partial charge in [0.05, 0.1) is 6.42 Å². The van der Waals surface area contributed by atoms with E-state index in [0.29, 0.717) is 12.1 Å². The lowest BCUT2D eigenvalue weighted by Crippen LogP contribution is -2.33. The van der Waals surface area contributed by atoms with E-state index in [1.807, 2.05) is 49.4 Å². The van der Waals surface area contributed by atoms with Gasteiger partial charge in [0.25, 0.3) is 5.91 Å². The fourth-order valence-corrected chi connectivity index (χ4v) is 2.93. The van der Waals surface area contributed by atoms with E-state index >= 15 is 0 Å². The molecule has 0 atom stereocenters. The van der Waals surface area contributed by atoms with Crippen LogP contribution < -0.4 is 0 Å². The number of benzene rings is 2. The number of rotatable bonds is 7. The Morgan fingerprint density at radius 2 is 1.67 bits per heavy atom. The van der Waals surface area contributed by atoms with Crippen LogP contribution in [0.4, 0.5) is 0 Å². The average Bonchev–Trinajstić information content (AvgIpc) is 2.59. The van der Waals surface area contributed by atoms with Crippen LogP contribution in [-0.2, 0) is 17.8 Å². The number of carboxylic acids is 1. The number of aryl methyl sites for hydroxylation is 1. The molecular weight excluding hydrogens is 370 g/mol.